The van der Waals surface area contributed by atoms with Crippen molar-refractivity contribution in [3.63, 3.8) is 0 Å². The Morgan fingerprint density at radius 3 is 1.06 bits per heavy atom. The first-order valence-corrected chi connectivity index (χ1v) is 53.2. The molecule has 5 aromatic carbocycles. The molecule has 5 amide bonds. The summed E-state index contributed by atoms with van der Waals surface area (Å²) in [4.78, 5) is 94.1. The molecule has 0 saturated carbocycles. The van der Waals surface area contributed by atoms with Gasteiger partial charge < -0.3 is 24.5 Å². The zero-order chi connectivity index (χ0) is 95.6. The van der Waals surface area contributed by atoms with Crippen molar-refractivity contribution in [1.29, 1.82) is 0 Å². The number of pyridine rings is 5. The SMILES string of the molecule is [3H]C(=O)N1CCC(C2c3ccc(C)c(Br)c3CCc3cc(Br)cnc32)CC1.[3H]C(=O)N1CCC(C2c3ncc(Br)cc3CCc3cc(Cl)cc(Br)c32)CC1.[3H]C(=O)N1CCC([C@H]2c3ncc(Br)cc3CCc3cc(C)cc(Br)c32)CC1.[3H]C(=O)N1CCN(C2c3ccc(Cl)c(Br)c3CCc3cc(Br)cnc32)CC1.[3H]C(=O)N1CCN(C2c3ncc(Br)cc3CCc3cc(C)cc(Br)c32)CC1. The van der Waals surface area contributed by atoms with Crippen molar-refractivity contribution in [1.82, 2.24) is 59.2 Å². The molecule has 17 nitrogen and oxygen atoms in total. The van der Waals surface area contributed by atoms with Crippen molar-refractivity contribution < 1.29 is 30.8 Å². The van der Waals surface area contributed by atoms with Crippen LogP contribution in [0, 0.1) is 38.5 Å². The van der Waals surface area contributed by atoms with Crippen LogP contribution in [0.4, 0.5) is 0 Å². The summed E-state index contributed by atoms with van der Waals surface area (Å²) in [7, 11) is 0. The third kappa shape index (κ3) is 22.0. The van der Waals surface area contributed by atoms with Crippen molar-refractivity contribution in [3.8, 4) is 0 Å². The van der Waals surface area contributed by atoms with Crippen LogP contribution in [-0.4, -0.2) is 183 Å². The molecule has 5 aliphatic carbocycles. The highest BCUT2D eigenvalue weighted by molar-refractivity contribution is 9.12. The average molecular weight is 2440 g/mol. The van der Waals surface area contributed by atoms with E-state index in [1.165, 1.54) is 120 Å². The molecule has 5 fully saturated rings. The number of amides is 5. The number of benzene rings is 5. The number of hydrogen-bond donors (Lipinski definition) is 0. The first-order valence-electron chi connectivity index (χ1n) is 47.0. The van der Waals surface area contributed by atoms with E-state index in [1.54, 1.807) is 24.5 Å². The lowest BCUT2D eigenvalue weighted by molar-refractivity contribution is -0.120. The highest BCUT2D eigenvalue weighted by Crippen LogP contribution is 2.52. The Morgan fingerprint density at radius 1 is 0.323 bits per heavy atom. The number of carbonyl (C=O) groups is 5. The highest BCUT2D eigenvalue weighted by Gasteiger charge is 2.42. The third-order valence-electron chi connectivity index (χ3n) is 27.7. The van der Waals surface area contributed by atoms with Crippen molar-refractivity contribution in [2.24, 2.45) is 17.8 Å². The van der Waals surface area contributed by atoms with Crippen LogP contribution < -0.4 is 0 Å². The van der Waals surface area contributed by atoms with Gasteiger partial charge in [-0.05, 0) is 398 Å². The fourth-order valence-electron chi connectivity index (χ4n) is 21.4. The van der Waals surface area contributed by atoms with Crippen LogP contribution >= 0.6 is 183 Å². The maximum absolute atomic E-state index is 11.4. The molecule has 5 aliphatic heterocycles. The molecule has 0 radical (unpaired) electrons. The van der Waals surface area contributed by atoms with Gasteiger partial charge in [-0.1, -0.05) is 117 Å². The van der Waals surface area contributed by atoms with E-state index >= 15 is 0 Å². The minimum absolute atomic E-state index is 0.0159. The van der Waals surface area contributed by atoms with E-state index < -0.39 is 31.9 Å². The summed E-state index contributed by atoms with van der Waals surface area (Å²) in [6.07, 6.45) is 21.5. The topological polar surface area (TPSA) is 172 Å². The number of piperidine rings is 3. The molecule has 4 unspecified atom stereocenters. The number of aromatic nitrogens is 5. The molecule has 20 rings (SSSR count). The number of halogens is 12. The molecule has 10 heterocycles. The number of carbonyl (C=O) groups excluding carboxylic acids is 5. The van der Waals surface area contributed by atoms with Crippen LogP contribution in [-0.2, 0) is 88.2 Å². The predicted octanol–water partition coefficient (Wildman–Crippen LogP) is 23.5. The van der Waals surface area contributed by atoms with Gasteiger partial charge in [-0.25, -0.2) is 0 Å². The van der Waals surface area contributed by atoms with E-state index in [0.717, 1.165) is 179 Å². The largest absolute Gasteiger partial charge is 0.345 e. The van der Waals surface area contributed by atoms with Gasteiger partial charge in [0.15, 0.2) is 0 Å². The van der Waals surface area contributed by atoms with Crippen LogP contribution in [0.5, 0.6) is 0 Å². The smallest absolute Gasteiger partial charge is 0.209 e. The van der Waals surface area contributed by atoms with Crippen molar-refractivity contribution in [2.45, 2.75) is 153 Å². The predicted molar refractivity (Wildman–Crippen MR) is 550 cm³/mol. The molecule has 680 valence electrons. The number of nitrogens with zero attached hydrogens (tertiary/aromatic N) is 12. The second-order valence-corrected chi connectivity index (χ2v) is 45.1. The Kier molecular flexibility index (Phi) is 31.0. The lowest BCUT2D eigenvalue weighted by Crippen LogP contribution is -2.47. The molecule has 130 heavy (non-hydrogen) atoms. The number of piperazine rings is 2. The third-order valence-corrected chi connectivity index (χ3v) is 34.6. The quantitative estimate of drug-likeness (QED) is 0.150. The normalized spacial score (nSPS) is 20.8. The summed E-state index contributed by atoms with van der Waals surface area (Å²) in [5.74, 6) is 1.86. The summed E-state index contributed by atoms with van der Waals surface area (Å²) < 4.78 is 47.4. The van der Waals surface area contributed by atoms with Crippen LogP contribution in [0.15, 0.2) is 167 Å². The second kappa shape index (κ2) is 44.3. The standard InChI is InChI=1S/2C21H22Br2N2O.C20H19Br2ClN2O.C20H21Br2N3O.C19H18Br2ClN3O/c1-13-2-4-17-18(20(13)23)5-3-15-10-16(22)11-24-21(15)19(17)14-6-8-25(12-26)9-7-14;1-13-8-15-2-3-16-10-17(22)11-24-21(16)20(19(15)18(23)9-13)14-4-6-25(12-26)7-5-14;21-15-7-14-2-1-13-8-16(23)9-17(22)18(13)19(20(14)24-10-15)12-3-5-25(11-26)6-4-12;1-13-8-14-2-3-15-10-16(21)11-23-19(15)20(18(14)17(22)9-13)25-6-4-24(12-26)5-7-25;20-13-9-12-1-2-14-15(3-4-16(22)17(14)21)19(18(12)23-10-13)25-7-5-24(11-26)6-8-25/h2,4,10-12,14,19H,3,5-9H2,1H3;8-12,14,20H,2-7H2,1H3;7-12,19H,1-6H2;8-12,20H,2-7H2,1H3;3-4,9-11,19H,1-2,5-8H2/t;20-;;;/m.1.../s1/i2*12T;11T;12T;11T. The Labute approximate surface area is 863 Å². The van der Waals surface area contributed by atoms with E-state index in [9.17, 15) is 24.0 Å². The monoisotopic (exact) mass is 2430 g/mol. The van der Waals surface area contributed by atoms with Gasteiger partial charge in [-0.3, -0.25) is 58.7 Å². The summed E-state index contributed by atoms with van der Waals surface area (Å²) in [6, 6.07) is 32.6. The summed E-state index contributed by atoms with van der Waals surface area (Å²) >= 11 is 49.5. The summed E-state index contributed by atoms with van der Waals surface area (Å²) in [6.45, 7) is 15.6. The van der Waals surface area contributed by atoms with E-state index in [-0.39, 0.29) is 29.8 Å². The molecule has 0 spiro atoms. The van der Waals surface area contributed by atoms with Gasteiger partial charge in [-0.15, -0.1) is 0 Å². The van der Waals surface area contributed by atoms with Crippen molar-refractivity contribution >= 4 is 214 Å². The fourth-order valence-corrected chi connectivity index (χ4v) is 27.4. The second-order valence-electron chi connectivity index (χ2n) is 35.5. The molecular weight excluding hydrogens is 2330 g/mol. The number of fused-ring (bicyclic) bond motifs is 10. The molecule has 5 saturated heterocycles. The van der Waals surface area contributed by atoms with Gasteiger partial charge in [0.05, 0.1) is 45.6 Å². The van der Waals surface area contributed by atoms with Crippen LogP contribution in [0.25, 0.3) is 0 Å². The molecule has 5 atom stereocenters. The lowest BCUT2D eigenvalue weighted by Gasteiger charge is -2.39. The maximum Gasteiger partial charge on any atom is 0.209 e. The van der Waals surface area contributed by atoms with Gasteiger partial charge in [-0.2, -0.15) is 0 Å². The van der Waals surface area contributed by atoms with Gasteiger partial charge in [0, 0.05) is 190 Å². The number of likely N-dealkylation sites (tertiary alicyclic amines) is 3. The number of aryl methyl sites for hydroxylation is 11. The molecule has 0 N–H and O–H groups in total. The molecular formula is C101H102Br10Cl2N12O5. The van der Waals surface area contributed by atoms with Gasteiger partial charge in [0.25, 0.3) is 0 Å². The summed E-state index contributed by atoms with van der Waals surface area (Å²) in [5, 5.41) is 1.46. The average Bonchev–Trinajstić information content (AvgIpc) is 1.70. The molecule has 10 aliphatic rings. The maximum atomic E-state index is 11.4. The fraction of sp³-hybridized carbons (Fsp3) is 0.406. The van der Waals surface area contributed by atoms with E-state index in [4.69, 9.17) is 55.0 Å². The number of rotatable bonds is 5. The minimum atomic E-state index is -0.604. The lowest BCUT2D eigenvalue weighted by atomic mass is 9.76. The van der Waals surface area contributed by atoms with Crippen LogP contribution in [0.3, 0.4) is 0 Å². The van der Waals surface area contributed by atoms with Gasteiger partial charge in [0.2, 0.25) is 31.9 Å². The Morgan fingerprint density at radius 2 is 0.638 bits per heavy atom. The molecule has 5 aromatic heterocycles. The minimum Gasteiger partial charge on any atom is -0.345 e. The molecule has 0 bridgehead atoms. The van der Waals surface area contributed by atoms with E-state index in [2.05, 4.69) is 269 Å². The first-order chi connectivity index (χ1) is 64.7. The van der Waals surface area contributed by atoms with Crippen molar-refractivity contribution in [3.05, 3.63) is 305 Å². The van der Waals surface area contributed by atoms with E-state index in [1.807, 2.05) is 43.1 Å². The van der Waals surface area contributed by atoms with Crippen LogP contribution in [0.2, 0.25) is 10.0 Å². The number of hydrogen-bond acceptors (Lipinski definition) is 12. The van der Waals surface area contributed by atoms with Crippen molar-refractivity contribution in [2.75, 3.05) is 91.6 Å². The zero-order valence-electron chi connectivity index (χ0n) is 77.3. The highest BCUT2D eigenvalue weighted by atomic mass is 79.9. The summed E-state index contributed by atoms with van der Waals surface area (Å²) in [5.41, 5.74) is 29.0. The van der Waals surface area contributed by atoms with Crippen LogP contribution in [0.1, 0.15) is 204 Å². The molecule has 29 heteroatoms. The Balaban J connectivity index is 0.000000123. The Bertz CT molecular complexity index is 5700. The van der Waals surface area contributed by atoms with E-state index in [0.29, 0.717) is 96.3 Å². The zero-order valence-corrected chi connectivity index (χ0v) is 89.7. The van der Waals surface area contributed by atoms with Gasteiger partial charge >= 0.3 is 0 Å². The Hall–Kier alpha value is -5.50. The van der Waals surface area contributed by atoms with Gasteiger partial charge in [0.1, 0.15) is 6.85 Å². The molecule has 10 aromatic rings. The first kappa shape index (κ1) is 90.9.